The van der Waals surface area contributed by atoms with Crippen molar-refractivity contribution in [3.8, 4) is 5.88 Å². The molecule has 0 amide bonds. The highest BCUT2D eigenvalue weighted by atomic mass is 19.1. The van der Waals surface area contributed by atoms with Gasteiger partial charge in [-0.05, 0) is 24.1 Å². The van der Waals surface area contributed by atoms with Crippen LogP contribution in [0.4, 0.5) is 4.39 Å². The monoisotopic (exact) mass is 248 g/mol. The molecule has 2 aromatic rings. The molecule has 1 aromatic heterocycles. The molecule has 1 aromatic carbocycles. The first kappa shape index (κ1) is 12.3. The molecule has 0 unspecified atom stereocenters. The maximum atomic E-state index is 12.7. The van der Waals surface area contributed by atoms with Gasteiger partial charge in [-0.15, -0.1) is 0 Å². The zero-order chi connectivity index (χ0) is 13.1. The van der Waals surface area contributed by atoms with Gasteiger partial charge in [-0.1, -0.05) is 19.1 Å². The van der Waals surface area contributed by atoms with Gasteiger partial charge in [-0.2, -0.15) is 4.98 Å². The SMILES string of the molecule is CCc1c(O)nc(Cc2ccc(F)cc2)[nH]c1=O. The fraction of sp³-hybridized carbons (Fsp3) is 0.231. The van der Waals surface area contributed by atoms with Crippen molar-refractivity contribution in [1.29, 1.82) is 0 Å². The quantitative estimate of drug-likeness (QED) is 0.870. The number of hydrogen-bond donors (Lipinski definition) is 2. The summed E-state index contributed by atoms with van der Waals surface area (Å²) in [4.78, 5) is 18.2. The fourth-order valence-corrected chi connectivity index (χ4v) is 1.73. The topological polar surface area (TPSA) is 66.0 Å². The van der Waals surface area contributed by atoms with Gasteiger partial charge in [0.2, 0.25) is 5.88 Å². The highest BCUT2D eigenvalue weighted by molar-refractivity contribution is 5.25. The zero-order valence-electron chi connectivity index (χ0n) is 9.90. The lowest BCUT2D eigenvalue weighted by Gasteiger charge is -2.04. The summed E-state index contributed by atoms with van der Waals surface area (Å²) in [5.74, 6) is -0.191. The average Bonchev–Trinajstić information content (AvgIpc) is 2.32. The second-order valence-electron chi connectivity index (χ2n) is 3.97. The average molecular weight is 248 g/mol. The van der Waals surface area contributed by atoms with Crippen molar-refractivity contribution in [3.05, 3.63) is 57.4 Å². The smallest absolute Gasteiger partial charge is 0.257 e. The van der Waals surface area contributed by atoms with Crippen molar-refractivity contribution in [2.75, 3.05) is 0 Å². The Morgan fingerprint density at radius 1 is 1.33 bits per heavy atom. The Bertz CT molecular complexity index is 605. The van der Waals surface area contributed by atoms with Crippen molar-refractivity contribution in [1.82, 2.24) is 9.97 Å². The van der Waals surface area contributed by atoms with Crippen LogP contribution in [0.25, 0.3) is 0 Å². The van der Waals surface area contributed by atoms with E-state index in [4.69, 9.17) is 0 Å². The summed E-state index contributed by atoms with van der Waals surface area (Å²) in [5.41, 5.74) is 0.753. The standard InChI is InChI=1S/C13H13FN2O2/c1-2-10-12(17)15-11(16-13(10)18)7-8-3-5-9(14)6-4-8/h3-6H,2,7H2,1H3,(H2,15,16,17,18). The predicted octanol–water partition coefficient (Wildman–Crippen LogP) is 1.77. The number of nitrogens with zero attached hydrogens (tertiary/aromatic N) is 1. The molecule has 2 rings (SSSR count). The van der Waals surface area contributed by atoms with Crippen LogP contribution in [0.3, 0.4) is 0 Å². The summed E-state index contributed by atoms with van der Waals surface area (Å²) < 4.78 is 12.7. The van der Waals surface area contributed by atoms with Crippen LogP contribution in [-0.2, 0) is 12.8 Å². The number of halogens is 1. The second kappa shape index (κ2) is 5.00. The first-order chi connectivity index (χ1) is 8.60. The number of rotatable bonds is 3. The lowest BCUT2D eigenvalue weighted by molar-refractivity contribution is 0.440. The van der Waals surface area contributed by atoms with Gasteiger partial charge in [0.15, 0.2) is 0 Å². The summed E-state index contributed by atoms with van der Waals surface area (Å²) >= 11 is 0. The van der Waals surface area contributed by atoms with E-state index in [1.807, 2.05) is 0 Å². The minimum absolute atomic E-state index is 0.238. The van der Waals surface area contributed by atoms with Crippen molar-refractivity contribution in [2.45, 2.75) is 19.8 Å². The summed E-state index contributed by atoms with van der Waals surface area (Å²) in [7, 11) is 0. The van der Waals surface area contributed by atoms with E-state index >= 15 is 0 Å². The third-order valence-corrected chi connectivity index (χ3v) is 2.68. The van der Waals surface area contributed by atoms with Crippen LogP contribution in [-0.4, -0.2) is 15.1 Å². The van der Waals surface area contributed by atoms with E-state index < -0.39 is 0 Å². The molecule has 0 aliphatic heterocycles. The summed E-state index contributed by atoms with van der Waals surface area (Å²) in [6.45, 7) is 1.77. The lowest BCUT2D eigenvalue weighted by atomic mass is 10.1. The predicted molar refractivity (Wildman–Crippen MR) is 65.1 cm³/mol. The normalized spacial score (nSPS) is 10.6. The molecule has 94 valence electrons. The highest BCUT2D eigenvalue weighted by Crippen LogP contribution is 2.12. The molecule has 18 heavy (non-hydrogen) atoms. The molecule has 0 aliphatic rings. The van der Waals surface area contributed by atoms with Gasteiger partial charge in [0.1, 0.15) is 11.6 Å². The molecule has 0 saturated carbocycles. The third kappa shape index (κ3) is 2.56. The van der Waals surface area contributed by atoms with Gasteiger partial charge >= 0.3 is 0 Å². The van der Waals surface area contributed by atoms with Crippen LogP contribution in [0.5, 0.6) is 5.88 Å². The second-order valence-corrected chi connectivity index (χ2v) is 3.97. The zero-order valence-corrected chi connectivity index (χ0v) is 9.90. The number of nitrogens with one attached hydrogen (secondary N) is 1. The first-order valence-electron chi connectivity index (χ1n) is 5.65. The van der Waals surface area contributed by atoms with Gasteiger partial charge in [-0.3, -0.25) is 4.79 Å². The number of hydrogen-bond acceptors (Lipinski definition) is 3. The van der Waals surface area contributed by atoms with Gasteiger partial charge in [0, 0.05) is 6.42 Å². The van der Waals surface area contributed by atoms with Crippen LogP contribution < -0.4 is 5.56 Å². The van der Waals surface area contributed by atoms with Gasteiger partial charge in [-0.25, -0.2) is 4.39 Å². The summed E-state index contributed by atoms with van der Waals surface area (Å²) in [6.07, 6.45) is 0.762. The number of aromatic nitrogens is 2. The van der Waals surface area contributed by atoms with E-state index in [0.29, 0.717) is 18.7 Å². The molecule has 0 atom stereocenters. The van der Waals surface area contributed by atoms with Gasteiger partial charge in [0.05, 0.1) is 5.56 Å². The van der Waals surface area contributed by atoms with Crippen LogP contribution in [0.2, 0.25) is 0 Å². The molecule has 0 fully saturated rings. The van der Waals surface area contributed by atoms with Crippen LogP contribution in [0, 0.1) is 5.82 Å². The van der Waals surface area contributed by atoms with Crippen LogP contribution in [0.15, 0.2) is 29.1 Å². The Kier molecular flexibility index (Phi) is 3.41. The van der Waals surface area contributed by atoms with E-state index in [2.05, 4.69) is 9.97 Å². The number of benzene rings is 1. The van der Waals surface area contributed by atoms with E-state index in [1.165, 1.54) is 12.1 Å². The number of aromatic amines is 1. The minimum Gasteiger partial charge on any atom is -0.493 e. The van der Waals surface area contributed by atoms with Crippen LogP contribution >= 0.6 is 0 Å². The number of aromatic hydroxyl groups is 1. The first-order valence-corrected chi connectivity index (χ1v) is 5.65. The largest absolute Gasteiger partial charge is 0.493 e. The van der Waals surface area contributed by atoms with E-state index in [-0.39, 0.29) is 22.8 Å². The van der Waals surface area contributed by atoms with Crippen molar-refractivity contribution in [3.63, 3.8) is 0 Å². The minimum atomic E-state index is -0.331. The lowest BCUT2D eigenvalue weighted by Crippen LogP contribution is -2.16. The summed E-state index contributed by atoms with van der Waals surface area (Å²) in [5, 5.41) is 9.60. The molecule has 0 spiro atoms. The Balaban J connectivity index is 2.30. The van der Waals surface area contributed by atoms with Gasteiger partial charge < -0.3 is 10.1 Å². The molecule has 4 nitrogen and oxygen atoms in total. The molecule has 2 N–H and O–H groups in total. The molecule has 0 radical (unpaired) electrons. The van der Waals surface area contributed by atoms with E-state index in [0.717, 1.165) is 5.56 Å². The summed E-state index contributed by atoms with van der Waals surface area (Å²) in [6, 6.07) is 5.90. The molecular weight excluding hydrogens is 235 g/mol. The maximum absolute atomic E-state index is 12.7. The molecular formula is C13H13FN2O2. The van der Waals surface area contributed by atoms with Crippen molar-refractivity contribution < 1.29 is 9.50 Å². The number of H-pyrrole nitrogens is 1. The highest BCUT2D eigenvalue weighted by Gasteiger charge is 2.09. The fourth-order valence-electron chi connectivity index (χ4n) is 1.73. The van der Waals surface area contributed by atoms with E-state index in [1.54, 1.807) is 19.1 Å². The molecule has 0 aliphatic carbocycles. The molecule has 5 heteroatoms. The Morgan fingerprint density at radius 2 is 2.00 bits per heavy atom. The Morgan fingerprint density at radius 3 is 2.56 bits per heavy atom. The van der Waals surface area contributed by atoms with Crippen molar-refractivity contribution >= 4 is 0 Å². The van der Waals surface area contributed by atoms with Gasteiger partial charge in [0.25, 0.3) is 5.56 Å². The molecule has 0 saturated heterocycles. The Labute approximate surface area is 103 Å². The Hall–Kier alpha value is -2.17. The maximum Gasteiger partial charge on any atom is 0.257 e. The third-order valence-electron chi connectivity index (χ3n) is 2.68. The molecule has 1 heterocycles. The van der Waals surface area contributed by atoms with Crippen molar-refractivity contribution in [2.24, 2.45) is 0 Å². The van der Waals surface area contributed by atoms with E-state index in [9.17, 15) is 14.3 Å². The molecule has 0 bridgehead atoms. The van der Waals surface area contributed by atoms with Crippen LogP contribution in [0.1, 0.15) is 23.9 Å².